The molecule has 2 N–H and O–H groups in total. The summed E-state index contributed by atoms with van der Waals surface area (Å²) in [5.74, 6) is 1.44. The summed E-state index contributed by atoms with van der Waals surface area (Å²) in [6.07, 6.45) is 0.850. The summed E-state index contributed by atoms with van der Waals surface area (Å²) in [7, 11) is 1.72. The predicted octanol–water partition coefficient (Wildman–Crippen LogP) is 3.08. The van der Waals surface area contributed by atoms with E-state index in [2.05, 4.69) is 41.9 Å². The lowest BCUT2D eigenvalue weighted by molar-refractivity contribution is 0.402. The first-order chi connectivity index (χ1) is 7.10. The third-order valence-corrected chi connectivity index (χ3v) is 2.86. The minimum absolute atomic E-state index is 0.453. The Hall–Kier alpha value is -0.540. The van der Waals surface area contributed by atoms with Crippen molar-refractivity contribution >= 4 is 15.9 Å². The van der Waals surface area contributed by atoms with Crippen molar-refractivity contribution in [1.29, 1.82) is 0 Å². The van der Waals surface area contributed by atoms with Crippen molar-refractivity contribution in [3.05, 3.63) is 27.7 Å². The molecule has 0 bridgehead atoms. The maximum absolute atomic E-state index is 5.59. The highest BCUT2D eigenvalue weighted by atomic mass is 79.9. The number of methoxy groups -OCH3 is 1. The molecule has 2 nitrogen and oxygen atoms in total. The first-order valence-corrected chi connectivity index (χ1v) is 5.95. The summed E-state index contributed by atoms with van der Waals surface area (Å²) in [5.41, 5.74) is 8.00. The highest BCUT2D eigenvalue weighted by Crippen LogP contribution is 2.33. The quantitative estimate of drug-likeness (QED) is 0.914. The Labute approximate surface area is 99.9 Å². The molecule has 1 aromatic carbocycles. The third-order valence-electron chi connectivity index (χ3n) is 2.40. The van der Waals surface area contributed by atoms with Crippen LogP contribution in [0.15, 0.2) is 16.6 Å². The van der Waals surface area contributed by atoms with Gasteiger partial charge in [-0.3, -0.25) is 0 Å². The van der Waals surface area contributed by atoms with E-state index in [0.717, 1.165) is 16.6 Å². The van der Waals surface area contributed by atoms with Crippen molar-refractivity contribution in [3.63, 3.8) is 0 Å². The van der Waals surface area contributed by atoms with E-state index in [9.17, 15) is 0 Å². The maximum Gasteiger partial charge on any atom is 0.125 e. The van der Waals surface area contributed by atoms with Gasteiger partial charge in [0.2, 0.25) is 0 Å². The van der Waals surface area contributed by atoms with E-state index in [4.69, 9.17) is 10.5 Å². The Morgan fingerprint density at radius 2 is 2.07 bits per heavy atom. The van der Waals surface area contributed by atoms with Gasteiger partial charge in [-0.1, -0.05) is 29.8 Å². The second-order valence-corrected chi connectivity index (χ2v) is 4.80. The van der Waals surface area contributed by atoms with E-state index in [1.807, 2.05) is 0 Å². The van der Waals surface area contributed by atoms with Crippen LogP contribution >= 0.6 is 15.9 Å². The molecule has 1 rings (SSSR count). The molecule has 0 spiro atoms. The number of hydrogen-bond acceptors (Lipinski definition) is 2. The summed E-state index contributed by atoms with van der Waals surface area (Å²) >= 11 is 3.52. The molecule has 0 aromatic heterocycles. The highest BCUT2D eigenvalue weighted by molar-refractivity contribution is 9.10. The fourth-order valence-corrected chi connectivity index (χ4v) is 2.22. The van der Waals surface area contributed by atoms with E-state index in [1.165, 1.54) is 11.1 Å². The standard InChI is InChI=1S/C12H18BrNO/c1-8(2)11-7-10(13)6-9(4-5-14)12(11)15-3/h6-8H,4-5,14H2,1-3H3. The molecule has 3 heteroatoms. The molecule has 0 atom stereocenters. The normalized spacial score (nSPS) is 10.8. The smallest absolute Gasteiger partial charge is 0.125 e. The summed E-state index contributed by atoms with van der Waals surface area (Å²) in [4.78, 5) is 0. The fraction of sp³-hybridized carbons (Fsp3) is 0.500. The van der Waals surface area contributed by atoms with Gasteiger partial charge in [-0.25, -0.2) is 0 Å². The topological polar surface area (TPSA) is 35.2 Å². The molecule has 0 heterocycles. The van der Waals surface area contributed by atoms with Gasteiger partial charge in [0.25, 0.3) is 0 Å². The zero-order chi connectivity index (χ0) is 11.4. The van der Waals surface area contributed by atoms with Crippen molar-refractivity contribution in [2.45, 2.75) is 26.2 Å². The number of hydrogen-bond donors (Lipinski definition) is 1. The first-order valence-electron chi connectivity index (χ1n) is 5.16. The van der Waals surface area contributed by atoms with Crippen LogP contribution in [0.4, 0.5) is 0 Å². The van der Waals surface area contributed by atoms with Crippen LogP contribution in [0.25, 0.3) is 0 Å². The molecule has 0 unspecified atom stereocenters. The molecule has 0 saturated carbocycles. The Bertz CT molecular complexity index is 337. The van der Waals surface area contributed by atoms with Crippen LogP contribution in [0, 0.1) is 0 Å². The number of rotatable bonds is 4. The monoisotopic (exact) mass is 271 g/mol. The van der Waals surface area contributed by atoms with Gasteiger partial charge in [-0.05, 0) is 42.1 Å². The van der Waals surface area contributed by atoms with E-state index in [1.54, 1.807) is 7.11 Å². The van der Waals surface area contributed by atoms with Crippen molar-refractivity contribution in [1.82, 2.24) is 0 Å². The van der Waals surface area contributed by atoms with Crippen molar-refractivity contribution in [2.75, 3.05) is 13.7 Å². The van der Waals surface area contributed by atoms with Crippen molar-refractivity contribution in [2.24, 2.45) is 5.73 Å². The van der Waals surface area contributed by atoms with Crippen molar-refractivity contribution in [3.8, 4) is 5.75 Å². The number of halogens is 1. The van der Waals surface area contributed by atoms with Crippen LogP contribution in [-0.4, -0.2) is 13.7 Å². The van der Waals surface area contributed by atoms with Crippen LogP contribution in [-0.2, 0) is 6.42 Å². The van der Waals surface area contributed by atoms with Gasteiger partial charge in [0.15, 0.2) is 0 Å². The summed E-state index contributed by atoms with van der Waals surface area (Å²) < 4.78 is 6.56. The van der Waals surface area contributed by atoms with Gasteiger partial charge in [-0.2, -0.15) is 0 Å². The molecule has 0 radical (unpaired) electrons. The minimum Gasteiger partial charge on any atom is -0.496 e. The number of nitrogens with two attached hydrogens (primary N) is 1. The predicted molar refractivity (Wildman–Crippen MR) is 67.5 cm³/mol. The second kappa shape index (κ2) is 5.52. The molecule has 0 saturated heterocycles. The van der Waals surface area contributed by atoms with Gasteiger partial charge in [0.1, 0.15) is 5.75 Å². The average Bonchev–Trinajstić information content (AvgIpc) is 2.17. The lowest BCUT2D eigenvalue weighted by Crippen LogP contribution is -2.06. The number of ether oxygens (including phenoxy) is 1. The largest absolute Gasteiger partial charge is 0.496 e. The van der Waals surface area contributed by atoms with Crippen LogP contribution in [0.2, 0.25) is 0 Å². The maximum atomic E-state index is 5.59. The fourth-order valence-electron chi connectivity index (χ4n) is 1.69. The third kappa shape index (κ3) is 2.95. The average molecular weight is 272 g/mol. The number of benzene rings is 1. The van der Waals surface area contributed by atoms with Gasteiger partial charge in [0, 0.05) is 4.47 Å². The summed E-state index contributed by atoms with van der Waals surface area (Å²) in [6, 6.07) is 4.20. The molecule has 0 aliphatic carbocycles. The highest BCUT2D eigenvalue weighted by Gasteiger charge is 2.12. The lowest BCUT2D eigenvalue weighted by Gasteiger charge is -2.16. The van der Waals surface area contributed by atoms with Crippen LogP contribution in [0.1, 0.15) is 30.9 Å². The zero-order valence-electron chi connectivity index (χ0n) is 9.51. The zero-order valence-corrected chi connectivity index (χ0v) is 11.1. The molecule has 0 aliphatic rings. The second-order valence-electron chi connectivity index (χ2n) is 3.88. The van der Waals surface area contributed by atoms with E-state index < -0.39 is 0 Å². The van der Waals surface area contributed by atoms with Crippen LogP contribution < -0.4 is 10.5 Å². The molecule has 0 amide bonds. The minimum atomic E-state index is 0.453. The molecule has 0 fully saturated rings. The van der Waals surface area contributed by atoms with E-state index in [0.29, 0.717) is 12.5 Å². The molecular formula is C12H18BrNO. The lowest BCUT2D eigenvalue weighted by atomic mass is 9.98. The molecule has 1 aromatic rings. The molecule has 0 aliphatic heterocycles. The van der Waals surface area contributed by atoms with Crippen LogP contribution in [0.5, 0.6) is 5.75 Å². The van der Waals surface area contributed by atoms with Gasteiger partial charge >= 0.3 is 0 Å². The molecular weight excluding hydrogens is 254 g/mol. The Morgan fingerprint density at radius 1 is 1.40 bits per heavy atom. The van der Waals surface area contributed by atoms with Gasteiger partial charge in [-0.15, -0.1) is 0 Å². The van der Waals surface area contributed by atoms with E-state index in [-0.39, 0.29) is 0 Å². The molecule has 15 heavy (non-hydrogen) atoms. The van der Waals surface area contributed by atoms with Gasteiger partial charge in [0.05, 0.1) is 7.11 Å². The first kappa shape index (κ1) is 12.5. The Kier molecular flexibility index (Phi) is 4.61. The Morgan fingerprint density at radius 3 is 2.53 bits per heavy atom. The van der Waals surface area contributed by atoms with E-state index >= 15 is 0 Å². The summed E-state index contributed by atoms with van der Waals surface area (Å²) in [5, 5.41) is 0. The van der Waals surface area contributed by atoms with Crippen molar-refractivity contribution < 1.29 is 4.74 Å². The summed E-state index contributed by atoms with van der Waals surface area (Å²) in [6.45, 7) is 4.97. The SMILES string of the molecule is COc1c(CCN)cc(Br)cc1C(C)C. The van der Waals surface area contributed by atoms with Crippen LogP contribution in [0.3, 0.4) is 0 Å². The Balaban J connectivity index is 3.25. The van der Waals surface area contributed by atoms with Gasteiger partial charge < -0.3 is 10.5 Å². The molecule has 84 valence electrons.